The Labute approximate surface area is 112 Å². The molecule has 0 N–H and O–H groups in total. The highest BCUT2D eigenvalue weighted by Crippen LogP contribution is 2.62. The highest BCUT2D eigenvalue weighted by atomic mass is 16.2. The fraction of sp³-hybridized carbons (Fsp3) is 0.938. The molecule has 0 aromatic carbocycles. The van der Waals surface area contributed by atoms with Crippen molar-refractivity contribution in [3.63, 3.8) is 0 Å². The molecular formula is C16H28O2. The molecule has 4 saturated carbocycles. The summed E-state index contributed by atoms with van der Waals surface area (Å²) in [7, 11) is 0. The first-order chi connectivity index (χ1) is 8.59. The molecule has 0 spiro atoms. The molecule has 0 radical (unpaired) electrons. The van der Waals surface area contributed by atoms with E-state index in [0.29, 0.717) is 0 Å². The number of hydrogen-bond acceptors (Lipinski definition) is 2. The summed E-state index contributed by atoms with van der Waals surface area (Å²) in [6.07, 6.45) is 9.76. The minimum Gasteiger partial charge on any atom is -0.186 e. The molecule has 0 amide bonds. The summed E-state index contributed by atoms with van der Waals surface area (Å²) >= 11 is 0. The van der Waals surface area contributed by atoms with E-state index in [2.05, 4.69) is 13.8 Å². The average molecular weight is 252 g/mol. The van der Waals surface area contributed by atoms with E-state index in [1.807, 2.05) is 13.8 Å². The summed E-state index contributed by atoms with van der Waals surface area (Å²) in [6, 6.07) is 0. The Morgan fingerprint density at radius 3 is 1.39 bits per heavy atom. The maximum atomic E-state index is 8.12. The zero-order valence-corrected chi connectivity index (χ0v) is 12.4. The lowest BCUT2D eigenvalue weighted by Crippen LogP contribution is -2.48. The Morgan fingerprint density at radius 2 is 1.17 bits per heavy atom. The van der Waals surface area contributed by atoms with Gasteiger partial charge < -0.3 is 0 Å². The summed E-state index contributed by atoms with van der Waals surface area (Å²) in [5, 5.41) is 0. The molecule has 4 rings (SSSR count). The highest BCUT2D eigenvalue weighted by molar-refractivity contribution is 5.20. The van der Waals surface area contributed by atoms with Crippen molar-refractivity contribution in [3.05, 3.63) is 0 Å². The van der Waals surface area contributed by atoms with Crippen molar-refractivity contribution in [1.82, 2.24) is 0 Å². The third kappa shape index (κ3) is 3.03. The molecule has 4 fully saturated rings. The van der Waals surface area contributed by atoms with Gasteiger partial charge in [0.2, 0.25) is 0 Å². The van der Waals surface area contributed by atoms with E-state index >= 15 is 0 Å². The Balaban J connectivity index is 0.000000288. The van der Waals surface area contributed by atoms with Crippen LogP contribution in [0.25, 0.3) is 0 Å². The molecule has 0 saturated heterocycles. The van der Waals surface area contributed by atoms with Crippen molar-refractivity contribution < 1.29 is 9.59 Å². The maximum Gasteiger partial charge on any atom is 0.373 e. The van der Waals surface area contributed by atoms with E-state index < -0.39 is 0 Å². The minimum absolute atomic E-state index is 0.250. The van der Waals surface area contributed by atoms with Gasteiger partial charge in [0.05, 0.1) is 0 Å². The molecule has 2 nitrogen and oxygen atoms in total. The molecule has 0 aromatic heterocycles. The van der Waals surface area contributed by atoms with E-state index in [0.717, 1.165) is 29.1 Å². The topological polar surface area (TPSA) is 34.1 Å². The van der Waals surface area contributed by atoms with Gasteiger partial charge in [0.15, 0.2) is 0 Å². The van der Waals surface area contributed by atoms with Gasteiger partial charge in [-0.15, -0.1) is 0 Å². The minimum atomic E-state index is 0.250. The predicted molar refractivity (Wildman–Crippen MR) is 71.8 cm³/mol. The van der Waals surface area contributed by atoms with Crippen molar-refractivity contribution in [2.75, 3.05) is 0 Å². The summed E-state index contributed by atoms with van der Waals surface area (Å²) in [6.45, 7) is 8.93. The fourth-order valence-electron chi connectivity index (χ4n) is 4.88. The molecule has 0 atom stereocenters. The zero-order valence-electron chi connectivity index (χ0n) is 12.4. The molecule has 4 aliphatic rings. The standard InChI is InChI=1S/C13H22.C2H6.CO2/c1-9(2)13-6-10-3-11(7-13)5-12(4-10)8-13;1-2;2-1-3/h9-12H,3-8H2,1-2H3;1-2H3;. The number of hydrogen-bond donors (Lipinski definition) is 0. The van der Waals surface area contributed by atoms with Gasteiger partial charge in [-0.1, -0.05) is 27.7 Å². The molecule has 0 aliphatic heterocycles. The molecule has 0 heterocycles. The van der Waals surface area contributed by atoms with Gasteiger partial charge in [0, 0.05) is 0 Å². The van der Waals surface area contributed by atoms with Crippen LogP contribution >= 0.6 is 0 Å². The third-order valence-electron chi connectivity index (χ3n) is 5.31. The first kappa shape index (κ1) is 15.4. The molecule has 0 unspecified atom stereocenters. The summed E-state index contributed by atoms with van der Waals surface area (Å²) in [5.41, 5.74) is 0.800. The maximum absolute atomic E-state index is 8.12. The van der Waals surface area contributed by atoms with Crippen molar-refractivity contribution in [2.24, 2.45) is 29.1 Å². The average Bonchev–Trinajstić information content (AvgIpc) is 2.30. The van der Waals surface area contributed by atoms with Crippen LogP contribution in [0, 0.1) is 29.1 Å². The molecule has 4 bridgehead atoms. The SMILES string of the molecule is CC.CC(C)C12CC3CC(CC(C3)C1)C2.O=C=O. The van der Waals surface area contributed by atoms with Gasteiger partial charge in [0.25, 0.3) is 0 Å². The van der Waals surface area contributed by atoms with Crippen LogP contribution in [0.1, 0.15) is 66.2 Å². The van der Waals surface area contributed by atoms with Crippen molar-refractivity contribution >= 4 is 6.15 Å². The van der Waals surface area contributed by atoms with Crippen LogP contribution in [0.2, 0.25) is 0 Å². The lowest BCUT2D eigenvalue weighted by Gasteiger charge is -2.58. The quantitative estimate of drug-likeness (QED) is 0.697. The highest BCUT2D eigenvalue weighted by Gasteiger charge is 2.51. The lowest BCUT2D eigenvalue weighted by atomic mass is 9.47. The monoisotopic (exact) mass is 252 g/mol. The van der Waals surface area contributed by atoms with Crippen molar-refractivity contribution in [1.29, 1.82) is 0 Å². The number of carbonyl (C=O) groups excluding carboxylic acids is 2. The fourth-order valence-corrected chi connectivity index (χ4v) is 4.88. The van der Waals surface area contributed by atoms with Gasteiger partial charge in [-0.05, 0) is 67.6 Å². The Bertz CT molecular complexity index is 252. The van der Waals surface area contributed by atoms with Gasteiger partial charge in [-0.3, -0.25) is 0 Å². The summed E-state index contributed by atoms with van der Waals surface area (Å²) in [5.74, 6) is 4.34. The largest absolute Gasteiger partial charge is 0.373 e. The lowest BCUT2D eigenvalue weighted by molar-refractivity contribution is -0.191. The molecule has 18 heavy (non-hydrogen) atoms. The second-order valence-electron chi connectivity index (χ2n) is 6.52. The third-order valence-corrected chi connectivity index (χ3v) is 5.31. The van der Waals surface area contributed by atoms with E-state index in [4.69, 9.17) is 9.59 Å². The van der Waals surface area contributed by atoms with Gasteiger partial charge in [-0.2, -0.15) is 9.59 Å². The van der Waals surface area contributed by atoms with Crippen LogP contribution in [0.15, 0.2) is 0 Å². The normalized spacial score (nSPS) is 39.3. The van der Waals surface area contributed by atoms with Gasteiger partial charge in [-0.25, -0.2) is 0 Å². The first-order valence-corrected chi connectivity index (χ1v) is 7.59. The van der Waals surface area contributed by atoms with Crippen LogP contribution < -0.4 is 0 Å². The first-order valence-electron chi connectivity index (χ1n) is 7.59. The molecule has 2 heteroatoms. The van der Waals surface area contributed by atoms with E-state index in [1.165, 1.54) is 0 Å². The zero-order chi connectivity index (χ0) is 13.8. The van der Waals surface area contributed by atoms with Gasteiger partial charge in [0.1, 0.15) is 0 Å². The molecule has 4 aliphatic carbocycles. The van der Waals surface area contributed by atoms with Crippen molar-refractivity contribution in [3.8, 4) is 0 Å². The predicted octanol–water partition coefficient (Wildman–Crippen LogP) is 4.30. The Hall–Kier alpha value is -0.620. The van der Waals surface area contributed by atoms with Crippen LogP contribution in [-0.2, 0) is 9.59 Å². The summed E-state index contributed by atoms with van der Waals surface area (Å²) < 4.78 is 0. The smallest absolute Gasteiger partial charge is 0.186 e. The Kier molecular flexibility index (Phi) is 5.59. The Morgan fingerprint density at radius 1 is 0.889 bits per heavy atom. The van der Waals surface area contributed by atoms with E-state index in [1.54, 1.807) is 38.5 Å². The van der Waals surface area contributed by atoms with Crippen molar-refractivity contribution in [2.45, 2.75) is 66.2 Å². The number of rotatable bonds is 1. The van der Waals surface area contributed by atoms with E-state index in [9.17, 15) is 0 Å². The van der Waals surface area contributed by atoms with Gasteiger partial charge >= 0.3 is 6.15 Å². The second-order valence-corrected chi connectivity index (χ2v) is 6.52. The summed E-state index contributed by atoms with van der Waals surface area (Å²) in [4.78, 5) is 16.2. The second kappa shape index (κ2) is 6.52. The molecular weight excluding hydrogens is 224 g/mol. The van der Waals surface area contributed by atoms with Crippen LogP contribution in [0.4, 0.5) is 0 Å². The van der Waals surface area contributed by atoms with Crippen LogP contribution in [0.3, 0.4) is 0 Å². The van der Waals surface area contributed by atoms with Crippen LogP contribution in [0.5, 0.6) is 0 Å². The molecule has 0 aromatic rings. The van der Waals surface area contributed by atoms with E-state index in [-0.39, 0.29) is 6.15 Å². The van der Waals surface area contributed by atoms with Crippen LogP contribution in [-0.4, -0.2) is 6.15 Å². The molecule has 104 valence electrons.